The molecule has 3 nitrogen and oxygen atoms in total. The average molecular weight is 233 g/mol. The van der Waals surface area contributed by atoms with Crippen LogP contribution in [0.25, 0.3) is 0 Å². The Balaban J connectivity index is 2.67. The lowest BCUT2D eigenvalue weighted by molar-refractivity contribution is 0.723. The van der Waals surface area contributed by atoms with E-state index >= 15 is 0 Å². The molecule has 0 unspecified atom stereocenters. The van der Waals surface area contributed by atoms with Gasteiger partial charge >= 0.3 is 0 Å². The lowest BCUT2D eigenvalue weighted by Crippen LogP contribution is -2.25. The van der Waals surface area contributed by atoms with Crippen molar-refractivity contribution in [3.05, 3.63) is 36.0 Å². The number of rotatable bonds is 7. The van der Waals surface area contributed by atoms with Crippen molar-refractivity contribution < 1.29 is 0 Å². The van der Waals surface area contributed by atoms with Gasteiger partial charge in [0, 0.05) is 25.8 Å². The van der Waals surface area contributed by atoms with Gasteiger partial charge in [-0.05, 0) is 32.0 Å². The SMILES string of the molecule is C=C(C)CN(CC)c1ccc(CNCC)cn1. The summed E-state index contributed by atoms with van der Waals surface area (Å²) in [6.07, 6.45) is 1.94. The van der Waals surface area contributed by atoms with E-state index in [4.69, 9.17) is 0 Å². The number of pyridine rings is 1. The molecule has 0 radical (unpaired) electrons. The van der Waals surface area contributed by atoms with E-state index in [0.717, 1.165) is 37.6 Å². The van der Waals surface area contributed by atoms with E-state index in [1.807, 2.05) is 13.1 Å². The van der Waals surface area contributed by atoms with Crippen molar-refractivity contribution in [1.29, 1.82) is 0 Å². The van der Waals surface area contributed by atoms with Crippen LogP contribution < -0.4 is 10.2 Å². The largest absolute Gasteiger partial charge is 0.353 e. The second-order valence-corrected chi connectivity index (χ2v) is 4.28. The predicted molar refractivity (Wildman–Crippen MR) is 74.3 cm³/mol. The Morgan fingerprint density at radius 1 is 1.41 bits per heavy atom. The third-order valence-electron chi connectivity index (χ3n) is 2.55. The van der Waals surface area contributed by atoms with Gasteiger partial charge in [0.2, 0.25) is 0 Å². The first-order valence-corrected chi connectivity index (χ1v) is 6.22. The second kappa shape index (κ2) is 7.07. The molecule has 0 aliphatic heterocycles. The Kier molecular flexibility index (Phi) is 5.70. The molecule has 0 spiro atoms. The Hall–Kier alpha value is -1.35. The quantitative estimate of drug-likeness (QED) is 0.734. The molecule has 1 heterocycles. The van der Waals surface area contributed by atoms with Gasteiger partial charge in [-0.25, -0.2) is 4.98 Å². The summed E-state index contributed by atoms with van der Waals surface area (Å²) in [6.45, 7) is 13.9. The van der Waals surface area contributed by atoms with Gasteiger partial charge in [0.25, 0.3) is 0 Å². The molecule has 17 heavy (non-hydrogen) atoms. The molecule has 1 N–H and O–H groups in total. The molecule has 0 aliphatic rings. The topological polar surface area (TPSA) is 28.2 Å². The molecule has 0 saturated heterocycles. The zero-order valence-electron chi connectivity index (χ0n) is 11.2. The standard InChI is InChI=1S/C14H23N3/c1-5-15-9-13-7-8-14(16-10-13)17(6-2)11-12(3)4/h7-8,10,15H,3,5-6,9,11H2,1-2,4H3. The lowest BCUT2D eigenvalue weighted by atomic mass is 10.2. The van der Waals surface area contributed by atoms with Crippen molar-refractivity contribution in [1.82, 2.24) is 10.3 Å². The fourth-order valence-electron chi connectivity index (χ4n) is 1.66. The Labute approximate surface area is 105 Å². The van der Waals surface area contributed by atoms with Crippen LogP contribution in [-0.4, -0.2) is 24.6 Å². The number of hydrogen-bond donors (Lipinski definition) is 1. The van der Waals surface area contributed by atoms with Gasteiger partial charge in [0.1, 0.15) is 5.82 Å². The van der Waals surface area contributed by atoms with Crippen molar-refractivity contribution >= 4 is 5.82 Å². The number of likely N-dealkylation sites (N-methyl/N-ethyl adjacent to an activating group) is 1. The molecule has 3 heteroatoms. The van der Waals surface area contributed by atoms with Gasteiger partial charge in [0.15, 0.2) is 0 Å². The average Bonchev–Trinajstić information content (AvgIpc) is 2.34. The first-order valence-electron chi connectivity index (χ1n) is 6.22. The highest BCUT2D eigenvalue weighted by atomic mass is 15.2. The maximum absolute atomic E-state index is 4.50. The summed E-state index contributed by atoms with van der Waals surface area (Å²) >= 11 is 0. The van der Waals surface area contributed by atoms with E-state index in [1.165, 1.54) is 5.56 Å². The minimum Gasteiger partial charge on any atom is -0.353 e. The molecule has 0 amide bonds. The summed E-state index contributed by atoms with van der Waals surface area (Å²) in [5, 5.41) is 3.29. The zero-order valence-corrected chi connectivity index (χ0v) is 11.2. The molecular weight excluding hydrogens is 210 g/mol. The van der Waals surface area contributed by atoms with E-state index in [1.54, 1.807) is 0 Å². The first kappa shape index (κ1) is 13.7. The molecular formula is C14H23N3. The predicted octanol–water partition coefficient (Wildman–Crippen LogP) is 2.59. The number of aromatic nitrogens is 1. The summed E-state index contributed by atoms with van der Waals surface area (Å²) in [5.74, 6) is 1.02. The maximum Gasteiger partial charge on any atom is 0.128 e. The fourth-order valence-corrected chi connectivity index (χ4v) is 1.66. The fraction of sp³-hybridized carbons (Fsp3) is 0.500. The molecule has 0 atom stereocenters. The van der Waals surface area contributed by atoms with Crippen molar-refractivity contribution in [3.8, 4) is 0 Å². The third-order valence-corrected chi connectivity index (χ3v) is 2.55. The van der Waals surface area contributed by atoms with Gasteiger partial charge in [-0.2, -0.15) is 0 Å². The van der Waals surface area contributed by atoms with Crippen LogP contribution in [0.15, 0.2) is 30.5 Å². The van der Waals surface area contributed by atoms with E-state index < -0.39 is 0 Å². The number of nitrogens with zero attached hydrogens (tertiary/aromatic N) is 2. The molecule has 0 saturated carbocycles. The molecule has 1 rings (SSSR count). The van der Waals surface area contributed by atoms with Gasteiger partial charge in [0.05, 0.1) is 0 Å². The first-order chi connectivity index (χ1) is 8.17. The molecule has 0 aromatic carbocycles. The summed E-state index contributed by atoms with van der Waals surface area (Å²) in [5.41, 5.74) is 2.38. The summed E-state index contributed by atoms with van der Waals surface area (Å²) in [4.78, 5) is 6.72. The van der Waals surface area contributed by atoms with Gasteiger partial charge < -0.3 is 10.2 Å². The van der Waals surface area contributed by atoms with Crippen LogP contribution in [0.2, 0.25) is 0 Å². The lowest BCUT2D eigenvalue weighted by Gasteiger charge is -2.22. The minimum absolute atomic E-state index is 0.871. The van der Waals surface area contributed by atoms with E-state index in [-0.39, 0.29) is 0 Å². The summed E-state index contributed by atoms with van der Waals surface area (Å²) in [6, 6.07) is 4.21. The van der Waals surface area contributed by atoms with E-state index in [9.17, 15) is 0 Å². The highest BCUT2D eigenvalue weighted by molar-refractivity contribution is 5.40. The zero-order chi connectivity index (χ0) is 12.7. The Morgan fingerprint density at radius 2 is 2.18 bits per heavy atom. The van der Waals surface area contributed by atoms with Crippen LogP contribution in [0.4, 0.5) is 5.82 Å². The molecule has 94 valence electrons. The number of anilines is 1. The van der Waals surface area contributed by atoms with Crippen molar-refractivity contribution in [3.63, 3.8) is 0 Å². The van der Waals surface area contributed by atoms with Gasteiger partial charge in [-0.3, -0.25) is 0 Å². The summed E-state index contributed by atoms with van der Waals surface area (Å²) in [7, 11) is 0. The van der Waals surface area contributed by atoms with Crippen molar-refractivity contribution in [2.45, 2.75) is 27.3 Å². The van der Waals surface area contributed by atoms with E-state index in [2.05, 4.69) is 47.8 Å². The second-order valence-electron chi connectivity index (χ2n) is 4.28. The van der Waals surface area contributed by atoms with Crippen LogP contribution >= 0.6 is 0 Å². The number of nitrogens with one attached hydrogen (secondary N) is 1. The summed E-state index contributed by atoms with van der Waals surface area (Å²) < 4.78 is 0. The van der Waals surface area contributed by atoms with Crippen LogP contribution in [0.5, 0.6) is 0 Å². The Bertz CT molecular complexity index is 343. The van der Waals surface area contributed by atoms with Crippen molar-refractivity contribution in [2.75, 3.05) is 24.5 Å². The maximum atomic E-state index is 4.50. The molecule has 1 aromatic rings. The highest BCUT2D eigenvalue weighted by Crippen LogP contribution is 2.12. The normalized spacial score (nSPS) is 10.3. The Morgan fingerprint density at radius 3 is 2.65 bits per heavy atom. The minimum atomic E-state index is 0.871. The van der Waals surface area contributed by atoms with Gasteiger partial charge in [-0.1, -0.05) is 25.1 Å². The van der Waals surface area contributed by atoms with Crippen LogP contribution in [0.1, 0.15) is 26.3 Å². The van der Waals surface area contributed by atoms with Crippen LogP contribution in [0.3, 0.4) is 0 Å². The monoisotopic (exact) mass is 233 g/mol. The van der Waals surface area contributed by atoms with Crippen LogP contribution in [-0.2, 0) is 6.54 Å². The molecule has 0 bridgehead atoms. The molecule has 0 aliphatic carbocycles. The smallest absolute Gasteiger partial charge is 0.128 e. The highest BCUT2D eigenvalue weighted by Gasteiger charge is 2.05. The van der Waals surface area contributed by atoms with Crippen LogP contribution in [0, 0.1) is 0 Å². The third kappa shape index (κ3) is 4.57. The molecule has 1 aromatic heterocycles. The van der Waals surface area contributed by atoms with E-state index in [0.29, 0.717) is 0 Å². The van der Waals surface area contributed by atoms with Crippen molar-refractivity contribution in [2.24, 2.45) is 0 Å². The number of hydrogen-bond acceptors (Lipinski definition) is 3. The molecule has 0 fully saturated rings. The van der Waals surface area contributed by atoms with Gasteiger partial charge in [-0.15, -0.1) is 0 Å².